The molecule has 1 rings (SSSR count). The minimum Gasteiger partial charge on any atom is -0.477 e. The van der Waals surface area contributed by atoms with Crippen LogP contribution in [-0.4, -0.2) is 33.0 Å². The minimum atomic E-state index is -1.24. The van der Waals surface area contributed by atoms with Crippen molar-refractivity contribution >= 4 is 29.3 Å². The van der Waals surface area contributed by atoms with E-state index in [0.717, 1.165) is 6.07 Å². The lowest BCUT2D eigenvalue weighted by Gasteiger charge is -2.10. The molecule has 0 saturated carbocycles. The summed E-state index contributed by atoms with van der Waals surface area (Å²) in [4.78, 5) is 28.6. The highest BCUT2D eigenvalue weighted by molar-refractivity contribution is 6.28. The van der Waals surface area contributed by atoms with Crippen molar-refractivity contribution in [1.29, 1.82) is 0 Å². The van der Waals surface area contributed by atoms with Crippen LogP contribution in [0.5, 0.6) is 0 Å². The van der Waals surface area contributed by atoms with E-state index in [1.54, 1.807) is 0 Å². The van der Waals surface area contributed by atoms with Crippen LogP contribution >= 0.6 is 11.6 Å². The van der Waals surface area contributed by atoms with Crippen LogP contribution in [0.2, 0.25) is 5.28 Å². The second-order valence-electron chi connectivity index (χ2n) is 2.98. The molecule has 0 aliphatic carbocycles. The first-order chi connectivity index (χ1) is 7.40. The van der Waals surface area contributed by atoms with Crippen molar-refractivity contribution in [2.45, 2.75) is 13.0 Å². The SMILES string of the molecule is C[C@H](Nc1cc(C(=O)O)nc(Cl)n1)C(N)=O. The van der Waals surface area contributed by atoms with Crippen molar-refractivity contribution in [1.82, 2.24) is 9.97 Å². The third kappa shape index (κ3) is 3.06. The molecule has 1 aromatic rings. The fourth-order valence-corrected chi connectivity index (χ4v) is 1.08. The van der Waals surface area contributed by atoms with Crippen LogP contribution in [0.1, 0.15) is 17.4 Å². The largest absolute Gasteiger partial charge is 0.477 e. The zero-order valence-electron chi connectivity index (χ0n) is 8.27. The molecule has 0 aliphatic heterocycles. The van der Waals surface area contributed by atoms with Crippen molar-refractivity contribution in [2.24, 2.45) is 5.73 Å². The Labute approximate surface area is 95.6 Å². The summed E-state index contributed by atoms with van der Waals surface area (Å²) >= 11 is 5.52. The highest BCUT2D eigenvalue weighted by Gasteiger charge is 2.13. The second kappa shape index (κ2) is 4.75. The second-order valence-corrected chi connectivity index (χ2v) is 3.32. The van der Waals surface area contributed by atoms with Crippen LogP contribution in [-0.2, 0) is 4.79 Å². The molecule has 0 aromatic carbocycles. The van der Waals surface area contributed by atoms with E-state index in [-0.39, 0.29) is 16.8 Å². The maximum Gasteiger partial charge on any atom is 0.354 e. The van der Waals surface area contributed by atoms with Crippen molar-refractivity contribution in [2.75, 3.05) is 5.32 Å². The number of nitrogens with one attached hydrogen (secondary N) is 1. The van der Waals surface area contributed by atoms with Gasteiger partial charge in [-0.15, -0.1) is 0 Å². The molecule has 0 unspecified atom stereocenters. The van der Waals surface area contributed by atoms with Crippen molar-refractivity contribution in [3.05, 3.63) is 17.0 Å². The molecular weight excluding hydrogens is 236 g/mol. The molecule has 8 heteroatoms. The summed E-state index contributed by atoms with van der Waals surface area (Å²) in [5.74, 6) is -1.70. The Morgan fingerprint density at radius 3 is 2.69 bits per heavy atom. The number of anilines is 1. The van der Waals surface area contributed by atoms with Gasteiger partial charge in [-0.3, -0.25) is 4.79 Å². The standard InChI is InChI=1S/C8H9ClN4O3/c1-3(6(10)14)11-5-2-4(7(15)16)12-8(9)13-5/h2-3H,1H3,(H2,10,14)(H,15,16)(H,11,12,13)/t3-/m0/s1. The van der Waals surface area contributed by atoms with E-state index < -0.39 is 17.9 Å². The molecule has 0 aliphatic rings. The van der Waals surface area contributed by atoms with Crippen LogP contribution in [0.3, 0.4) is 0 Å². The number of carboxylic acid groups (broad SMARTS) is 1. The fraction of sp³-hybridized carbons (Fsp3) is 0.250. The molecule has 7 nitrogen and oxygen atoms in total. The Morgan fingerprint density at radius 2 is 2.19 bits per heavy atom. The van der Waals surface area contributed by atoms with Crippen molar-refractivity contribution in [3.63, 3.8) is 0 Å². The van der Waals surface area contributed by atoms with E-state index in [1.807, 2.05) is 0 Å². The molecule has 1 amide bonds. The number of carbonyl (C=O) groups is 2. The lowest BCUT2D eigenvalue weighted by molar-refractivity contribution is -0.118. The Balaban J connectivity index is 2.97. The first-order valence-corrected chi connectivity index (χ1v) is 4.61. The summed E-state index contributed by atoms with van der Waals surface area (Å²) < 4.78 is 0. The monoisotopic (exact) mass is 244 g/mol. The van der Waals surface area contributed by atoms with Crippen LogP contribution in [0, 0.1) is 0 Å². The Hall–Kier alpha value is -1.89. The molecule has 16 heavy (non-hydrogen) atoms. The number of hydrogen-bond acceptors (Lipinski definition) is 5. The lowest BCUT2D eigenvalue weighted by atomic mass is 10.3. The first-order valence-electron chi connectivity index (χ1n) is 4.24. The number of aromatic nitrogens is 2. The van der Waals surface area contributed by atoms with Gasteiger partial charge >= 0.3 is 5.97 Å². The van der Waals surface area contributed by atoms with Gasteiger partial charge in [0.25, 0.3) is 0 Å². The molecule has 0 bridgehead atoms. The van der Waals surface area contributed by atoms with Gasteiger partial charge in [-0.05, 0) is 18.5 Å². The van der Waals surface area contributed by atoms with Gasteiger partial charge in [-0.1, -0.05) is 0 Å². The van der Waals surface area contributed by atoms with Gasteiger partial charge in [0.05, 0.1) is 0 Å². The van der Waals surface area contributed by atoms with E-state index in [9.17, 15) is 9.59 Å². The summed E-state index contributed by atoms with van der Waals surface area (Å²) in [5.41, 5.74) is 4.76. The Morgan fingerprint density at radius 1 is 1.56 bits per heavy atom. The van der Waals surface area contributed by atoms with Gasteiger partial charge in [-0.25, -0.2) is 14.8 Å². The quantitative estimate of drug-likeness (QED) is 0.647. The summed E-state index contributed by atoms with van der Waals surface area (Å²) in [6.45, 7) is 1.51. The van der Waals surface area contributed by atoms with Crippen LogP contribution in [0.15, 0.2) is 6.07 Å². The third-order valence-corrected chi connectivity index (χ3v) is 1.88. The topological polar surface area (TPSA) is 118 Å². The number of carboxylic acids is 1. The highest BCUT2D eigenvalue weighted by atomic mass is 35.5. The van der Waals surface area contributed by atoms with E-state index in [2.05, 4.69) is 15.3 Å². The molecule has 1 heterocycles. The van der Waals surface area contributed by atoms with E-state index >= 15 is 0 Å². The molecule has 0 spiro atoms. The first kappa shape index (κ1) is 12.2. The molecule has 4 N–H and O–H groups in total. The smallest absolute Gasteiger partial charge is 0.354 e. The number of aromatic carboxylic acids is 1. The van der Waals surface area contributed by atoms with Crippen LogP contribution < -0.4 is 11.1 Å². The number of rotatable bonds is 4. The van der Waals surface area contributed by atoms with Crippen LogP contribution in [0.4, 0.5) is 5.82 Å². The molecule has 0 radical (unpaired) electrons. The Bertz CT molecular complexity index is 437. The maximum atomic E-state index is 10.8. The molecule has 86 valence electrons. The van der Waals surface area contributed by atoms with E-state index in [4.69, 9.17) is 22.4 Å². The number of nitrogens with two attached hydrogens (primary N) is 1. The van der Waals surface area contributed by atoms with Gasteiger partial charge < -0.3 is 16.2 Å². The summed E-state index contributed by atoms with van der Waals surface area (Å²) in [5, 5.41) is 11.1. The zero-order chi connectivity index (χ0) is 12.3. The molecule has 0 fully saturated rings. The van der Waals surface area contributed by atoms with E-state index in [1.165, 1.54) is 6.92 Å². The number of primary amides is 1. The van der Waals surface area contributed by atoms with E-state index in [0.29, 0.717) is 0 Å². The number of carbonyl (C=O) groups excluding carboxylic acids is 1. The fourth-order valence-electron chi connectivity index (χ4n) is 0.894. The highest BCUT2D eigenvalue weighted by Crippen LogP contribution is 2.11. The molecule has 1 atom stereocenters. The van der Waals surface area contributed by atoms with Crippen molar-refractivity contribution < 1.29 is 14.7 Å². The average molecular weight is 245 g/mol. The van der Waals surface area contributed by atoms with Crippen LogP contribution in [0.25, 0.3) is 0 Å². The number of nitrogens with zero attached hydrogens (tertiary/aromatic N) is 2. The van der Waals surface area contributed by atoms with Gasteiger partial charge in [0, 0.05) is 6.07 Å². The van der Waals surface area contributed by atoms with Gasteiger partial charge in [0.15, 0.2) is 5.69 Å². The van der Waals surface area contributed by atoms with Gasteiger partial charge in [0.2, 0.25) is 11.2 Å². The minimum absolute atomic E-state index is 0.128. The van der Waals surface area contributed by atoms with Crippen molar-refractivity contribution in [3.8, 4) is 0 Å². The average Bonchev–Trinajstić information content (AvgIpc) is 2.16. The zero-order valence-corrected chi connectivity index (χ0v) is 9.02. The molecular formula is C8H9ClN4O3. The summed E-state index contributed by atoms with van der Waals surface area (Å²) in [6, 6.07) is 0.473. The molecule has 0 saturated heterocycles. The predicted molar refractivity (Wildman–Crippen MR) is 56.3 cm³/mol. The Kier molecular flexibility index (Phi) is 3.62. The summed E-state index contributed by atoms with van der Waals surface area (Å²) in [6.07, 6.45) is 0. The van der Waals surface area contributed by atoms with Gasteiger partial charge in [0.1, 0.15) is 11.9 Å². The maximum absolute atomic E-state index is 10.8. The predicted octanol–water partition coefficient (Wildman–Crippen LogP) is 0.114. The van der Waals surface area contributed by atoms with Gasteiger partial charge in [-0.2, -0.15) is 0 Å². The lowest BCUT2D eigenvalue weighted by Crippen LogP contribution is -2.32. The normalized spacial score (nSPS) is 11.9. The number of halogens is 1. The third-order valence-electron chi connectivity index (χ3n) is 1.71. The number of amides is 1. The molecule has 1 aromatic heterocycles. The summed E-state index contributed by atoms with van der Waals surface area (Å²) in [7, 11) is 0. The number of hydrogen-bond donors (Lipinski definition) is 3.